The summed E-state index contributed by atoms with van der Waals surface area (Å²) < 4.78 is 11.9. The standard InChI is InChI=1S/C19H20BrNO3/c1-3-24-17-9-6-14(12-18(17)23-2)19(22)21-10-4-5-13-11-15(20)7-8-16(13)21/h6-9,11-12H,3-5,10H2,1-2H3. The SMILES string of the molecule is CCOc1ccc(C(=O)N2CCCc3cc(Br)ccc32)cc1OC. The molecule has 126 valence electrons. The number of carbonyl (C=O) groups is 1. The fourth-order valence-corrected chi connectivity index (χ4v) is 3.42. The Balaban J connectivity index is 1.93. The second-order valence-electron chi connectivity index (χ2n) is 5.63. The Morgan fingerprint density at radius 3 is 2.79 bits per heavy atom. The summed E-state index contributed by atoms with van der Waals surface area (Å²) in [5, 5.41) is 0. The van der Waals surface area contributed by atoms with Gasteiger partial charge >= 0.3 is 0 Å². The minimum atomic E-state index is -0.0142. The number of carbonyl (C=O) groups excluding carboxylic acids is 1. The minimum absolute atomic E-state index is 0.0142. The van der Waals surface area contributed by atoms with E-state index >= 15 is 0 Å². The van der Waals surface area contributed by atoms with Crippen molar-refractivity contribution in [2.75, 3.05) is 25.2 Å². The number of hydrogen-bond donors (Lipinski definition) is 0. The Morgan fingerprint density at radius 1 is 1.21 bits per heavy atom. The van der Waals surface area contributed by atoms with E-state index in [1.165, 1.54) is 5.56 Å². The molecule has 0 atom stereocenters. The summed E-state index contributed by atoms with van der Waals surface area (Å²) in [5.41, 5.74) is 2.79. The molecular formula is C19H20BrNO3. The van der Waals surface area contributed by atoms with Gasteiger partial charge in [-0.05, 0) is 61.7 Å². The first kappa shape index (κ1) is 16.8. The molecule has 24 heavy (non-hydrogen) atoms. The lowest BCUT2D eigenvalue weighted by molar-refractivity contribution is 0.0984. The summed E-state index contributed by atoms with van der Waals surface area (Å²) >= 11 is 3.50. The zero-order chi connectivity index (χ0) is 17.1. The number of methoxy groups -OCH3 is 1. The predicted octanol–water partition coefficient (Wildman–Crippen LogP) is 4.45. The number of halogens is 1. The van der Waals surface area contributed by atoms with Gasteiger partial charge in [0.05, 0.1) is 13.7 Å². The molecule has 4 nitrogen and oxygen atoms in total. The quantitative estimate of drug-likeness (QED) is 0.775. The van der Waals surface area contributed by atoms with Crippen LogP contribution in [0.5, 0.6) is 11.5 Å². The third-order valence-corrected chi connectivity index (χ3v) is 4.61. The highest BCUT2D eigenvalue weighted by atomic mass is 79.9. The lowest BCUT2D eigenvalue weighted by atomic mass is 10.0. The van der Waals surface area contributed by atoms with Crippen molar-refractivity contribution >= 4 is 27.5 Å². The van der Waals surface area contributed by atoms with Crippen molar-refractivity contribution in [1.29, 1.82) is 0 Å². The van der Waals surface area contributed by atoms with Gasteiger partial charge in [0.25, 0.3) is 5.91 Å². The highest BCUT2D eigenvalue weighted by molar-refractivity contribution is 9.10. The molecule has 0 saturated heterocycles. The fourth-order valence-electron chi connectivity index (χ4n) is 3.01. The molecule has 2 aromatic rings. The summed E-state index contributed by atoms with van der Waals surface area (Å²) in [4.78, 5) is 14.9. The van der Waals surface area contributed by atoms with Crippen LogP contribution in [0, 0.1) is 0 Å². The zero-order valence-corrected chi connectivity index (χ0v) is 15.4. The molecule has 0 bridgehead atoms. The first-order valence-electron chi connectivity index (χ1n) is 8.05. The van der Waals surface area contributed by atoms with Crippen LogP contribution in [0.1, 0.15) is 29.3 Å². The molecule has 1 aliphatic heterocycles. The number of rotatable bonds is 4. The Morgan fingerprint density at radius 2 is 2.04 bits per heavy atom. The van der Waals surface area contributed by atoms with Gasteiger partial charge in [-0.1, -0.05) is 15.9 Å². The normalized spacial score (nSPS) is 13.4. The van der Waals surface area contributed by atoms with E-state index < -0.39 is 0 Å². The molecule has 0 radical (unpaired) electrons. The maximum atomic E-state index is 13.0. The van der Waals surface area contributed by atoms with Crippen molar-refractivity contribution in [3.8, 4) is 11.5 Å². The summed E-state index contributed by atoms with van der Waals surface area (Å²) in [6.07, 6.45) is 1.95. The highest BCUT2D eigenvalue weighted by Gasteiger charge is 2.24. The van der Waals surface area contributed by atoms with Gasteiger partial charge in [0.15, 0.2) is 11.5 Å². The average Bonchev–Trinajstić information content (AvgIpc) is 2.61. The molecule has 0 N–H and O–H groups in total. The minimum Gasteiger partial charge on any atom is -0.493 e. The molecule has 1 aliphatic rings. The van der Waals surface area contributed by atoms with Gasteiger partial charge in [0, 0.05) is 22.3 Å². The van der Waals surface area contributed by atoms with E-state index in [2.05, 4.69) is 22.0 Å². The van der Waals surface area contributed by atoms with E-state index in [1.54, 1.807) is 25.3 Å². The van der Waals surface area contributed by atoms with Crippen LogP contribution < -0.4 is 14.4 Å². The van der Waals surface area contributed by atoms with Crippen LogP contribution in [0.15, 0.2) is 40.9 Å². The molecule has 5 heteroatoms. The largest absolute Gasteiger partial charge is 0.493 e. The van der Waals surface area contributed by atoms with Gasteiger partial charge in [0.2, 0.25) is 0 Å². The van der Waals surface area contributed by atoms with Crippen molar-refractivity contribution in [3.63, 3.8) is 0 Å². The number of anilines is 1. The smallest absolute Gasteiger partial charge is 0.258 e. The molecule has 3 rings (SSSR count). The second kappa shape index (κ2) is 7.26. The number of benzene rings is 2. The molecule has 1 heterocycles. The predicted molar refractivity (Wildman–Crippen MR) is 98.3 cm³/mol. The van der Waals surface area contributed by atoms with Gasteiger partial charge in [-0.25, -0.2) is 0 Å². The molecule has 0 aromatic heterocycles. The molecular weight excluding hydrogens is 370 g/mol. The molecule has 0 fully saturated rings. The van der Waals surface area contributed by atoms with Crippen LogP contribution in [-0.4, -0.2) is 26.2 Å². The van der Waals surface area contributed by atoms with Crippen molar-refractivity contribution in [2.24, 2.45) is 0 Å². The number of amides is 1. The van der Waals surface area contributed by atoms with Crippen LogP contribution in [0.2, 0.25) is 0 Å². The number of aryl methyl sites for hydroxylation is 1. The number of fused-ring (bicyclic) bond motifs is 1. The maximum Gasteiger partial charge on any atom is 0.258 e. The van der Waals surface area contributed by atoms with Crippen molar-refractivity contribution in [3.05, 3.63) is 52.0 Å². The van der Waals surface area contributed by atoms with Crippen molar-refractivity contribution < 1.29 is 14.3 Å². The highest BCUT2D eigenvalue weighted by Crippen LogP contribution is 2.33. The molecule has 0 saturated carbocycles. The van der Waals surface area contributed by atoms with Gasteiger partial charge in [-0.2, -0.15) is 0 Å². The van der Waals surface area contributed by atoms with E-state index in [4.69, 9.17) is 9.47 Å². The third-order valence-electron chi connectivity index (χ3n) is 4.12. The maximum absolute atomic E-state index is 13.0. The Bertz CT molecular complexity index is 760. The topological polar surface area (TPSA) is 38.8 Å². The molecule has 0 spiro atoms. The van der Waals surface area contributed by atoms with E-state index in [9.17, 15) is 4.79 Å². The summed E-state index contributed by atoms with van der Waals surface area (Å²) in [5.74, 6) is 1.22. The molecule has 2 aromatic carbocycles. The third kappa shape index (κ3) is 3.26. The number of nitrogens with zero attached hydrogens (tertiary/aromatic N) is 1. The van der Waals surface area contributed by atoms with E-state index in [-0.39, 0.29) is 5.91 Å². The van der Waals surface area contributed by atoms with Gasteiger partial charge in [0.1, 0.15) is 0 Å². The van der Waals surface area contributed by atoms with Gasteiger partial charge < -0.3 is 14.4 Å². The first-order valence-corrected chi connectivity index (χ1v) is 8.84. The Hall–Kier alpha value is -2.01. The zero-order valence-electron chi connectivity index (χ0n) is 13.8. The second-order valence-corrected chi connectivity index (χ2v) is 6.55. The van der Waals surface area contributed by atoms with Gasteiger partial charge in [-0.3, -0.25) is 4.79 Å². The van der Waals surface area contributed by atoms with Crippen molar-refractivity contribution in [2.45, 2.75) is 19.8 Å². The van der Waals surface area contributed by atoms with E-state index in [1.807, 2.05) is 24.0 Å². The summed E-state index contributed by atoms with van der Waals surface area (Å²) in [7, 11) is 1.58. The van der Waals surface area contributed by atoms with Crippen LogP contribution in [0.25, 0.3) is 0 Å². The summed E-state index contributed by atoms with van der Waals surface area (Å²) in [6, 6.07) is 11.4. The van der Waals surface area contributed by atoms with Crippen LogP contribution >= 0.6 is 15.9 Å². The van der Waals surface area contributed by atoms with Crippen LogP contribution in [0.3, 0.4) is 0 Å². The lowest BCUT2D eigenvalue weighted by Crippen LogP contribution is -2.35. The Labute approximate surface area is 150 Å². The van der Waals surface area contributed by atoms with E-state index in [0.717, 1.165) is 29.5 Å². The van der Waals surface area contributed by atoms with Crippen LogP contribution in [-0.2, 0) is 6.42 Å². The molecule has 1 amide bonds. The first-order chi connectivity index (χ1) is 11.6. The molecule has 0 aliphatic carbocycles. The fraction of sp³-hybridized carbons (Fsp3) is 0.316. The molecule has 0 unspecified atom stereocenters. The number of hydrogen-bond acceptors (Lipinski definition) is 3. The van der Waals surface area contributed by atoms with Crippen molar-refractivity contribution in [1.82, 2.24) is 0 Å². The number of ether oxygens (including phenoxy) is 2. The monoisotopic (exact) mass is 389 g/mol. The van der Waals surface area contributed by atoms with E-state index in [0.29, 0.717) is 23.7 Å². The summed E-state index contributed by atoms with van der Waals surface area (Å²) in [6.45, 7) is 3.20. The average molecular weight is 390 g/mol. The van der Waals surface area contributed by atoms with Gasteiger partial charge in [-0.15, -0.1) is 0 Å². The van der Waals surface area contributed by atoms with Crippen LogP contribution in [0.4, 0.5) is 5.69 Å². The Kier molecular flexibility index (Phi) is 5.09. The lowest BCUT2D eigenvalue weighted by Gasteiger charge is -2.30.